The molecule has 0 radical (unpaired) electrons. The van der Waals surface area contributed by atoms with Gasteiger partial charge < -0.3 is 16.2 Å². The molecule has 0 saturated heterocycles. The SMILES string of the molecule is NC1CCC(C(=O)NCC(O)C(F)F)C1. The third-order valence-corrected chi connectivity index (χ3v) is 2.62. The van der Waals surface area contributed by atoms with Gasteiger partial charge in [-0.15, -0.1) is 0 Å². The van der Waals surface area contributed by atoms with Crippen LogP contribution >= 0.6 is 0 Å². The molecular formula is C9H16F2N2O2. The van der Waals surface area contributed by atoms with E-state index in [0.29, 0.717) is 12.8 Å². The number of carbonyl (C=O) groups excluding carboxylic acids is 1. The molecule has 1 aliphatic rings. The maximum absolute atomic E-state index is 11.9. The normalized spacial score (nSPS) is 28.1. The van der Waals surface area contributed by atoms with Crippen LogP contribution in [0.15, 0.2) is 0 Å². The van der Waals surface area contributed by atoms with Crippen LogP contribution in [-0.4, -0.2) is 36.1 Å². The van der Waals surface area contributed by atoms with Crippen LogP contribution in [0.1, 0.15) is 19.3 Å². The van der Waals surface area contributed by atoms with Crippen molar-refractivity contribution in [2.45, 2.75) is 37.8 Å². The number of aliphatic hydroxyl groups excluding tert-OH is 1. The molecule has 1 rings (SSSR count). The molecule has 6 heteroatoms. The fourth-order valence-corrected chi connectivity index (χ4v) is 1.69. The molecule has 1 amide bonds. The Kier molecular flexibility index (Phi) is 4.41. The Morgan fingerprint density at radius 3 is 2.67 bits per heavy atom. The van der Waals surface area contributed by atoms with Gasteiger partial charge in [0.1, 0.15) is 6.10 Å². The molecule has 0 aliphatic heterocycles. The van der Waals surface area contributed by atoms with Crippen molar-refractivity contribution in [3.05, 3.63) is 0 Å². The minimum atomic E-state index is -2.82. The summed E-state index contributed by atoms with van der Waals surface area (Å²) in [6.07, 6.45) is -2.54. The van der Waals surface area contributed by atoms with Crippen LogP contribution in [0.5, 0.6) is 0 Å². The van der Waals surface area contributed by atoms with Gasteiger partial charge in [0.25, 0.3) is 6.43 Å². The average molecular weight is 222 g/mol. The molecule has 88 valence electrons. The second-order valence-electron chi connectivity index (χ2n) is 3.92. The highest BCUT2D eigenvalue weighted by molar-refractivity contribution is 5.79. The van der Waals surface area contributed by atoms with Gasteiger partial charge in [0.2, 0.25) is 5.91 Å². The second-order valence-corrected chi connectivity index (χ2v) is 3.92. The Hall–Kier alpha value is -0.750. The van der Waals surface area contributed by atoms with E-state index in [0.717, 1.165) is 6.42 Å². The van der Waals surface area contributed by atoms with E-state index in [4.69, 9.17) is 10.8 Å². The van der Waals surface area contributed by atoms with Crippen LogP contribution < -0.4 is 11.1 Å². The molecule has 15 heavy (non-hydrogen) atoms. The van der Waals surface area contributed by atoms with E-state index >= 15 is 0 Å². The zero-order chi connectivity index (χ0) is 11.4. The van der Waals surface area contributed by atoms with E-state index in [9.17, 15) is 13.6 Å². The van der Waals surface area contributed by atoms with Crippen molar-refractivity contribution in [2.24, 2.45) is 11.7 Å². The lowest BCUT2D eigenvalue weighted by molar-refractivity contribution is -0.125. The molecule has 4 nitrogen and oxygen atoms in total. The Labute approximate surface area is 86.8 Å². The van der Waals surface area contributed by atoms with Gasteiger partial charge >= 0.3 is 0 Å². The first kappa shape index (κ1) is 12.3. The van der Waals surface area contributed by atoms with Crippen molar-refractivity contribution in [3.63, 3.8) is 0 Å². The van der Waals surface area contributed by atoms with Crippen LogP contribution in [0.2, 0.25) is 0 Å². The number of alkyl halides is 2. The molecule has 0 aromatic heterocycles. The average Bonchev–Trinajstić information content (AvgIpc) is 2.60. The van der Waals surface area contributed by atoms with Gasteiger partial charge in [-0.3, -0.25) is 4.79 Å². The Bertz CT molecular complexity index is 226. The number of nitrogens with two attached hydrogens (primary N) is 1. The van der Waals surface area contributed by atoms with Crippen molar-refractivity contribution in [3.8, 4) is 0 Å². The van der Waals surface area contributed by atoms with E-state index in [1.807, 2.05) is 0 Å². The minimum Gasteiger partial charge on any atom is -0.385 e. The number of amides is 1. The zero-order valence-electron chi connectivity index (χ0n) is 8.33. The smallest absolute Gasteiger partial charge is 0.265 e. The highest BCUT2D eigenvalue weighted by Crippen LogP contribution is 2.23. The van der Waals surface area contributed by atoms with Crippen LogP contribution in [0, 0.1) is 5.92 Å². The monoisotopic (exact) mass is 222 g/mol. The van der Waals surface area contributed by atoms with Crippen molar-refractivity contribution in [1.29, 1.82) is 0 Å². The number of nitrogens with one attached hydrogen (secondary N) is 1. The number of hydrogen-bond donors (Lipinski definition) is 3. The lowest BCUT2D eigenvalue weighted by Gasteiger charge is -2.13. The molecule has 3 atom stereocenters. The maximum atomic E-state index is 11.9. The van der Waals surface area contributed by atoms with Crippen molar-refractivity contribution < 1.29 is 18.7 Å². The Balaban J connectivity index is 2.24. The summed E-state index contributed by atoms with van der Waals surface area (Å²) in [6.45, 7) is -0.401. The van der Waals surface area contributed by atoms with Crippen LogP contribution in [0.4, 0.5) is 8.78 Å². The molecule has 4 N–H and O–H groups in total. The topological polar surface area (TPSA) is 75.4 Å². The number of carbonyl (C=O) groups is 1. The van der Waals surface area contributed by atoms with Crippen LogP contribution in [0.25, 0.3) is 0 Å². The van der Waals surface area contributed by atoms with Crippen LogP contribution in [0.3, 0.4) is 0 Å². The van der Waals surface area contributed by atoms with Gasteiger partial charge in [0.05, 0.1) is 0 Å². The summed E-state index contributed by atoms with van der Waals surface area (Å²) in [5, 5.41) is 11.1. The Morgan fingerprint density at radius 1 is 1.53 bits per heavy atom. The molecule has 0 aromatic carbocycles. The van der Waals surface area contributed by atoms with E-state index in [1.54, 1.807) is 0 Å². The van der Waals surface area contributed by atoms with Crippen molar-refractivity contribution >= 4 is 5.91 Å². The summed E-state index contributed by atoms with van der Waals surface area (Å²) in [7, 11) is 0. The molecule has 0 heterocycles. The standard InChI is InChI=1S/C9H16F2N2O2/c10-8(11)7(14)4-13-9(15)5-1-2-6(12)3-5/h5-8,14H,1-4,12H2,(H,13,15). The fourth-order valence-electron chi connectivity index (χ4n) is 1.69. The predicted octanol–water partition coefficient (Wildman–Crippen LogP) is -0.144. The summed E-state index contributed by atoms with van der Waals surface area (Å²) in [4.78, 5) is 11.4. The molecular weight excluding hydrogens is 206 g/mol. The first-order valence-electron chi connectivity index (χ1n) is 5.00. The maximum Gasteiger partial charge on any atom is 0.265 e. The highest BCUT2D eigenvalue weighted by atomic mass is 19.3. The van der Waals surface area contributed by atoms with E-state index in [2.05, 4.69) is 5.32 Å². The minimum absolute atomic E-state index is 0.0285. The van der Waals surface area contributed by atoms with E-state index < -0.39 is 19.1 Å². The number of aliphatic hydroxyl groups is 1. The number of halogens is 2. The molecule has 0 spiro atoms. The van der Waals surface area contributed by atoms with Gasteiger partial charge in [-0.1, -0.05) is 0 Å². The van der Waals surface area contributed by atoms with Gasteiger partial charge in [-0.05, 0) is 19.3 Å². The molecule has 0 bridgehead atoms. The quantitative estimate of drug-likeness (QED) is 0.619. The first-order chi connectivity index (χ1) is 7.00. The predicted molar refractivity (Wildman–Crippen MR) is 50.3 cm³/mol. The van der Waals surface area contributed by atoms with E-state index in [1.165, 1.54) is 0 Å². The molecule has 1 saturated carbocycles. The number of hydrogen-bond acceptors (Lipinski definition) is 3. The molecule has 1 fully saturated rings. The number of rotatable bonds is 4. The Morgan fingerprint density at radius 2 is 2.20 bits per heavy atom. The fraction of sp³-hybridized carbons (Fsp3) is 0.889. The van der Waals surface area contributed by atoms with Crippen LogP contribution in [-0.2, 0) is 4.79 Å². The summed E-state index contributed by atoms with van der Waals surface area (Å²) >= 11 is 0. The summed E-state index contributed by atoms with van der Waals surface area (Å²) in [5.74, 6) is -0.479. The van der Waals surface area contributed by atoms with Gasteiger partial charge in [-0.25, -0.2) is 8.78 Å². The van der Waals surface area contributed by atoms with Gasteiger partial charge in [0, 0.05) is 18.5 Å². The lowest BCUT2D eigenvalue weighted by atomic mass is 10.1. The third-order valence-electron chi connectivity index (χ3n) is 2.62. The van der Waals surface area contributed by atoms with Gasteiger partial charge in [0.15, 0.2) is 0 Å². The summed E-state index contributed by atoms with van der Waals surface area (Å²) < 4.78 is 23.8. The first-order valence-corrected chi connectivity index (χ1v) is 5.00. The van der Waals surface area contributed by atoms with Crippen molar-refractivity contribution in [2.75, 3.05) is 6.54 Å². The lowest BCUT2D eigenvalue weighted by Crippen LogP contribution is -2.38. The highest BCUT2D eigenvalue weighted by Gasteiger charge is 2.28. The summed E-state index contributed by atoms with van der Waals surface area (Å²) in [5.41, 5.74) is 5.62. The van der Waals surface area contributed by atoms with E-state index in [-0.39, 0.29) is 17.9 Å². The molecule has 1 aliphatic carbocycles. The second kappa shape index (κ2) is 5.37. The zero-order valence-corrected chi connectivity index (χ0v) is 8.33. The van der Waals surface area contributed by atoms with Crippen molar-refractivity contribution in [1.82, 2.24) is 5.32 Å². The largest absolute Gasteiger partial charge is 0.385 e. The summed E-state index contributed by atoms with van der Waals surface area (Å²) in [6, 6.07) is 0.0285. The third kappa shape index (κ3) is 3.71. The molecule has 0 aromatic rings. The van der Waals surface area contributed by atoms with Gasteiger partial charge in [-0.2, -0.15) is 0 Å². The molecule has 3 unspecified atom stereocenters.